The zero-order valence-corrected chi connectivity index (χ0v) is 23.2. The molecular formula is C30H23Cl2N5OS. The zero-order chi connectivity index (χ0) is 27.2. The van der Waals surface area contributed by atoms with Gasteiger partial charge in [0.25, 0.3) is 5.91 Å². The molecule has 5 aromatic rings. The lowest BCUT2D eigenvalue weighted by atomic mass is 10.0. The summed E-state index contributed by atoms with van der Waals surface area (Å²) in [5, 5.41) is 14.9. The monoisotopic (exact) mass is 571 g/mol. The Bertz CT molecular complexity index is 1600. The third-order valence-electron chi connectivity index (χ3n) is 5.91. The van der Waals surface area contributed by atoms with E-state index in [-0.39, 0.29) is 11.7 Å². The largest absolute Gasteiger partial charge is 0.272 e. The average molecular weight is 573 g/mol. The third kappa shape index (κ3) is 6.57. The maximum absolute atomic E-state index is 12.7. The summed E-state index contributed by atoms with van der Waals surface area (Å²) in [7, 11) is 0. The van der Waals surface area contributed by atoms with Gasteiger partial charge in [-0.15, -0.1) is 10.2 Å². The lowest BCUT2D eigenvalue weighted by Gasteiger charge is -2.10. The number of hydrazone groups is 1. The first-order valence-corrected chi connectivity index (χ1v) is 13.8. The van der Waals surface area contributed by atoms with Crippen LogP contribution in [0.5, 0.6) is 0 Å². The van der Waals surface area contributed by atoms with Crippen molar-refractivity contribution in [1.82, 2.24) is 20.2 Å². The minimum absolute atomic E-state index is 0.107. The molecule has 0 spiro atoms. The number of carbonyl (C=O) groups excluding carboxylic acids is 1. The number of halogens is 2. The molecule has 5 rings (SSSR count). The molecular weight excluding hydrogens is 549 g/mol. The normalized spacial score (nSPS) is 11.4. The molecule has 0 aliphatic rings. The minimum Gasteiger partial charge on any atom is -0.272 e. The number of nitrogens with one attached hydrogen (secondary N) is 1. The lowest BCUT2D eigenvalue weighted by Crippen LogP contribution is -2.21. The fraction of sp³-hybridized carbons (Fsp3) is 0.0667. The second-order valence-electron chi connectivity index (χ2n) is 8.59. The van der Waals surface area contributed by atoms with E-state index in [0.717, 1.165) is 27.9 Å². The van der Waals surface area contributed by atoms with Crippen LogP contribution in [0.25, 0.3) is 28.2 Å². The molecule has 1 N–H and O–H groups in total. The van der Waals surface area contributed by atoms with Gasteiger partial charge >= 0.3 is 0 Å². The molecule has 39 heavy (non-hydrogen) atoms. The van der Waals surface area contributed by atoms with E-state index >= 15 is 0 Å². The van der Waals surface area contributed by atoms with Gasteiger partial charge in [0.1, 0.15) is 0 Å². The molecule has 0 fully saturated rings. The van der Waals surface area contributed by atoms with Crippen LogP contribution < -0.4 is 5.43 Å². The predicted octanol–water partition coefficient (Wildman–Crippen LogP) is 7.54. The maximum atomic E-state index is 12.7. The number of hydrogen-bond donors (Lipinski definition) is 1. The molecule has 9 heteroatoms. The summed E-state index contributed by atoms with van der Waals surface area (Å²) in [5.74, 6) is 0.486. The molecule has 0 saturated heterocycles. The van der Waals surface area contributed by atoms with Crippen LogP contribution in [0.3, 0.4) is 0 Å². The zero-order valence-electron chi connectivity index (χ0n) is 20.9. The summed E-state index contributed by atoms with van der Waals surface area (Å²) < 4.78 is 1.89. The Balaban J connectivity index is 1.28. The summed E-state index contributed by atoms with van der Waals surface area (Å²) in [6.07, 6.45) is 0. The van der Waals surface area contributed by atoms with Crippen molar-refractivity contribution in [3.63, 3.8) is 0 Å². The van der Waals surface area contributed by atoms with Crippen LogP contribution in [-0.2, 0) is 4.79 Å². The van der Waals surface area contributed by atoms with Gasteiger partial charge in [-0.25, -0.2) is 5.43 Å². The molecule has 0 aliphatic heterocycles. The van der Waals surface area contributed by atoms with E-state index in [2.05, 4.69) is 32.9 Å². The molecule has 0 aliphatic carbocycles. The van der Waals surface area contributed by atoms with E-state index in [0.29, 0.717) is 26.7 Å². The fourth-order valence-corrected chi connectivity index (χ4v) is 4.88. The predicted molar refractivity (Wildman–Crippen MR) is 160 cm³/mol. The number of carbonyl (C=O) groups is 1. The highest BCUT2D eigenvalue weighted by atomic mass is 35.5. The topological polar surface area (TPSA) is 72.2 Å². The van der Waals surface area contributed by atoms with E-state index in [1.54, 1.807) is 24.3 Å². The Morgan fingerprint density at radius 1 is 0.795 bits per heavy atom. The number of amides is 1. The summed E-state index contributed by atoms with van der Waals surface area (Å²) in [4.78, 5) is 12.7. The van der Waals surface area contributed by atoms with Gasteiger partial charge in [0.05, 0.1) is 11.5 Å². The highest BCUT2D eigenvalue weighted by Crippen LogP contribution is 2.29. The number of aromatic nitrogens is 3. The molecule has 0 saturated carbocycles. The van der Waals surface area contributed by atoms with Gasteiger partial charge in [-0.1, -0.05) is 89.6 Å². The molecule has 6 nitrogen and oxygen atoms in total. The Labute approximate surface area is 240 Å². The van der Waals surface area contributed by atoms with Gasteiger partial charge < -0.3 is 0 Å². The van der Waals surface area contributed by atoms with E-state index in [1.807, 2.05) is 78.2 Å². The molecule has 194 valence electrons. The Hall–Kier alpha value is -3.91. The number of hydrogen-bond acceptors (Lipinski definition) is 5. The van der Waals surface area contributed by atoms with Gasteiger partial charge in [0.15, 0.2) is 11.0 Å². The van der Waals surface area contributed by atoms with Crippen LogP contribution in [0, 0.1) is 0 Å². The SMILES string of the molecule is C/C(=N/NC(=O)CSc1nnc(-c2ccc(Cl)cc2)n1-c1ccc(Cl)cc1)c1ccc(-c2ccccc2)cc1. The van der Waals surface area contributed by atoms with Gasteiger partial charge in [-0.2, -0.15) is 5.10 Å². The highest BCUT2D eigenvalue weighted by molar-refractivity contribution is 7.99. The first kappa shape index (κ1) is 26.7. The summed E-state index contributed by atoms with van der Waals surface area (Å²) in [5.41, 5.74) is 8.22. The fourth-order valence-electron chi connectivity index (χ4n) is 3.88. The average Bonchev–Trinajstić information content (AvgIpc) is 3.40. The van der Waals surface area contributed by atoms with E-state index in [4.69, 9.17) is 23.2 Å². The lowest BCUT2D eigenvalue weighted by molar-refractivity contribution is -0.118. The summed E-state index contributed by atoms with van der Waals surface area (Å²) >= 11 is 13.4. The number of rotatable bonds is 8. The van der Waals surface area contributed by atoms with Crippen molar-refractivity contribution in [2.45, 2.75) is 12.1 Å². The van der Waals surface area contributed by atoms with Gasteiger partial charge in [-0.3, -0.25) is 9.36 Å². The van der Waals surface area contributed by atoms with Crippen molar-refractivity contribution in [3.05, 3.63) is 119 Å². The van der Waals surface area contributed by atoms with Crippen molar-refractivity contribution in [1.29, 1.82) is 0 Å². The Morgan fingerprint density at radius 3 is 2.05 bits per heavy atom. The van der Waals surface area contributed by atoms with Crippen molar-refractivity contribution >= 4 is 46.6 Å². The van der Waals surface area contributed by atoms with Crippen molar-refractivity contribution in [2.75, 3.05) is 5.75 Å². The van der Waals surface area contributed by atoms with E-state index in [1.165, 1.54) is 11.8 Å². The van der Waals surface area contributed by atoms with E-state index in [9.17, 15) is 4.79 Å². The molecule has 0 atom stereocenters. The third-order valence-corrected chi connectivity index (χ3v) is 7.34. The van der Waals surface area contributed by atoms with E-state index < -0.39 is 0 Å². The Morgan fingerprint density at radius 2 is 1.38 bits per heavy atom. The number of nitrogens with zero attached hydrogens (tertiary/aromatic N) is 4. The number of thioether (sulfide) groups is 1. The summed E-state index contributed by atoms with van der Waals surface area (Å²) in [6, 6.07) is 33.0. The molecule has 1 heterocycles. The van der Waals surface area contributed by atoms with Crippen LogP contribution in [0.4, 0.5) is 0 Å². The second-order valence-corrected chi connectivity index (χ2v) is 10.4. The smallest absolute Gasteiger partial charge is 0.250 e. The minimum atomic E-state index is -0.251. The first-order chi connectivity index (χ1) is 19.0. The molecule has 0 radical (unpaired) electrons. The highest BCUT2D eigenvalue weighted by Gasteiger charge is 2.17. The summed E-state index contributed by atoms with van der Waals surface area (Å²) in [6.45, 7) is 1.86. The van der Waals surface area contributed by atoms with Crippen molar-refractivity contribution < 1.29 is 4.79 Å². The second kappa shape index (κ2) is 12.3. The molecule has 1 aromatic heterocycles. The molecule has 0 unspecified atom stereocenters. The molecule has 0 bridgehead atoms. The van der Waals surface area contributed by atoms with Crippen LogP contribution in [0.15, 0.2) is 113 Å². The maximum Gasteiger partial charge on any atom is 0.250 e. The van der Waals surface area contributed by atoms with Crippen LogP contribution in [0.2, 0.25) is 10.0 Å². The standard InChI is InChI=1S/C30H23Cl2N5OS/c1-20(21-7-9-23(10-8-21)22-5-3-2-4-6-22)33-34-28(38)19-39-30-36-35-29(24-11-13-25(31)14-12-24)37(30)27-17-15-26(32)16-18-27/h2-18H,19H2,1H3,(H,34,38)/b33-20-. The van der Waals surface area contributed by atoms with Crippen LogP contribution in [0.1, 0.15) is 12.5 Å². The quantitative estimate of drug-likeness (QED) is 0.118. The van der Waals surface area contributed by atoms with Crippen LogP contribution >= 0.6 is 35.0 Å². The number of benzene rings is 4. The van der Waals surface area contributed by atoms with Crippen LogP contribution in [-0.4, -0.2) is 32.1 Å². The molecule has 4 aromatic carbocycles. The molecule has 1 amide bonds. The first-order valence-electron chi connectivity index (χ1n) is 12.1. The van der Waals surface area contributed by atoms with Crippen molar-refractivity contribution in [2.24, 2.45) is 5.10 Å². The Kier molecular flexibility index (Phi) is 8.42. The van der Waals surface area contributed by atoms with Gasteiger partial charge in [-0.05, 0) is 72.1 Å². The van der Waals surface area contributed by atoms with Gasteiger partial charge in [0.2, 0.25) is 0 Å². The van der Waals surface area contributed by atoms with Crippen molar-refractivity contribution in [3.8, 4) is 28.2 Å². The van der Waals surface area contributed by atoms with Gasteiger partial charge in [0, 0.05) is 21.3 Å².